The number of nitrogens with one attached hydrogen (secondary N) is 1. The van der Waals surface area contributed by atoms with E-state index in [9.17, 15) is 4.79 Å². The Morgan fingerprint density at radius 2 is 2.42 bits per heavy atom. The molecule has 0 aromatic rings. The fourth-order valence-corrected chi connectivity index (χ4v) is 1.80. The van der Waals surface area contributed by atoms with Crippen LogP contribution in [-0.4, -0.2) is 25.2 Å². The summed E-state index contributed by atoms with van der Waals surface area (Å²) in [4.78, 5) is 11.1. The summed E-state index contributed by atoms with van der Waals surface area (Å²) >= 11 is 0. The normalized spacial score (nSPS) is 31.8. The fourth-order valence-electron chi connectivity index (χ4n) is 1.80. The molecule has 70 valence electrons. The fraction of sp³-hybridized carbons (Fsp3) is 0.889. The van der Waals surface area contributed by atoms with Gasteiger partial charge in [-0.25, -0.2) is 0 Å². The lowest BCUT2D eigenvalue weighted by Crippen LogP contribution is -2.33. The van der Waals surface area contributed by atoms with Crippen molar-refractivity contribution in [2.24, 2.45) is 5.92 Å². The number of amides is 1. The van der Waals surface area contributed by atoms with E-state index in [1.165, 1.54) is 0 Å². The third-order valence-corrected chi connectivity index (χ3v) is 2.70. The van der Waals surface area contributed by atoms with Crippen LogP contribution in [0.2, 0.25) is 0 Å². The van der Waals surface area contributed by atoms with Gasteiger partial charge in [0.15, 0.2) is 0 Å². The van der Waals surface area contributed by atoms with E-state index in [4.69, 9.17) is 4.74 Å². The smallest absolute Gasteiger partial charge is 0.220 e. The average molecular weight is 171 g/mol. The van der Waals surface area contributed by atoms with Gasteiger partial charge in [0.2, 0.25) is 5.91 Å². The van der Waals surface area contributed by atoms with E-state index in [2.05, 4.69) is 12.2 Å². The maximum Gasteiger partial charge on any atom is 0.220 e. The van der Waals surface area contributed by atoms with Crippen LogP contribution >= 0.6 is 0 Å². The minimum Gasteiger partial charge on any atom is -0.381 e. The van der Waals surface area contributed by atoms with Gasteiger partial charge < -0.3 is 10.1 Å². The van der Waals surface area contributed by atoms with Gasteiger partial charge in [0, 0.05) is 25.5 Å². The lowest BCUT2D eigenvalue weighted by molar-refractivity contribution is -0.119. The standard InChI is InChI=1S/C9H17NO2/c1-4-8-7(6(2)12-3)5-9(11)10-8/h6-8H,4-5H2,1-3H3,(H,10,11). The van der Waals surface area contributed by atoms with Gasteiger partial charge in [-0.2, -0.15) is 0 Å². The van der Waals surface area contributed by atoms with E-state index in [0.29, 0.717) is 18.4 Å². The molecule has 0 bridgehead atoms. The van der Waals surface area contributed by atoms with Gasteiger partial charge in [-0.3, -0.25) is 4.79 Å². The average Bonchev–Trinajstić information content (AvgIpc) is 2.45. The Bertz CT molecular complexity index is 170. The molecule has 3 atom stereocenters. The molecule has 1 heterocycles. The van der Waals surface area contributed by atoms with Crippen LogP contribution in [0.15, 0.2) is 0 Å². The predicted molar refractivity (Wildman–Crippen MR) is 46.8 cm³/mol. The Kier molecular flexibility index (Phi) is 3.09. The van der Waals surface area contributed by atoms with Gasteiger partial charge >= 0.3 is 0 Å². The molecular weight excluding hydrogens is 154 g/mol. The molecule has 1 saturated heterocycles. The van der Waals surface area contributed by atoms with Crippen molar-refractivity contribution in [1.82, 2.24) is 5.32 Å². The molecule has 1 amide bonds. The number of ether oxygens (including phenoxy) is 1. The summed E-state index contributed by atoms with van der Waals surface area (Å²) in [6.07, 6.45) is 1.78. The number of hydrogen-bond acceptors (Lipinski definition) is 2. The highest BCUT2D eigenvalue weighted by atomic mass is 16.5. The first-order chi connectivity index (χ1) is 5.69. The third kappa shape index (κ3) is 1.78. The molecular formula is C9H17NO2. The van der Waals surface area contributed by atoms with Crippen LogP contribution in [0.3, 0.4) is 0 Å². The predicted octanol–water partition coefficient (Wildman–Crippen LogP) is 0.936. The minimum absolute atomic E-state index is 0.163. The Balaban J connectivity index is 2.56. The second-order valence-corrected chi connectivity index (χ2v) is 3.39. The van der Waals surface area contributed by atoms with E-state index >= 15 is 0 Å². The molecule has 0 saturated carbocycles. The minimum atomic E-state index is 0.163. The lowest BCUT2D eigenvalue weighted by atomic mass is 9.93. The van der Waals surface area contributed by atoms with Crippen molar-refractivity contribution in [1.29, 1.82) is 0 Å². The van der Waals surface area contributed by atoms with Gasteiger partial charge in [-0.15, -0.1) is 0 Å². The van der Waals surface area contributed by atoms with Crippen LogP contribution in [0.25, 0.3) is 0 Å². The molecule has 0 aromatic heterocycles. The van der Waals surface area contributed by atoms with Crippen LogP contribution < -0.4 is 5.32 Å². The number of carbonyl (C=O) groups excluding carboxylic acids is 1. The first kappa shape index (κ1) is 9.52. The first-order valence-electron chi connectivity index (χ1n) is 4.51. The quantitative estimate of drug-likeness (QED) is 0.686. The molecule has 0 radical (unpaired) electrons. The van der Waals surface area contributed by atoms with Crippen molar-refractivity contribution in [2.45, 2.75) is 38.8 Å². The van der Waals surface area contributed by atoms with Crippen LogP contribution in [0.4, 0.5) is 0 Å². The van der Waals surface area contributed by atoms with Crippen molar-refractivity contribution in [2.75, 3.05) is 7.11 Å². The SMILES string of the molecule is CCC1NC(=O)CC1C(C)OC. The van der Waals surface area contributed by atoms with Crippen molar-refractivity contribution in [3.63, 3.8) is 0 Å². The Labute approximate surface area is 73.5 Å². The second kappa shape index (κ2) is 3.90. The maximum absolute atomic E-state index is 11.1. The summed E-state index contributed by atoms with van der Waals surface area (Å²) in [6.45, 7) is 4.11. The highest BCUT2D eigenvalue weighted by Gasteiger charge is 2.34. The zero-order valence-electron chi connectivity index (χ0n) is 7.96. The monoisotopic (exact) mass is 171 g/mol. The van der Waals surface area contributed by atoms with Gasteiger partial charge in [0.05, 0.1) is 6.10 Å². The number of rotatable bonds is 3. The number of hydrogen-bond donors (Lipinski definition) is 1. The Morgan fingerprint density at radius 3 is 2.92 bits per heavy atom. The molecule has 0 aliphatic carbocycles. The first-order valence-corrected chi connectivity index (χ1v) is 4.51. The zero-order chi connectivity index (χ0) is 9.14. The van der Waals surface area contributed by atoms with E-state index in [1.807, 2.05) is 6.92 Å². The highest BCUT2D eigenvalue weighted by Crippen LogP contribution is 2.23. The molecule has 1 aliphatic heterocycles. The van der Waals surface area contributed by atoms with Crippen molar-refractivity contribution in [3.05, 3.63) is 0 Å². The summed E-state index contributed by atoms with van der Waals surface area (Å²) in [5.41, 5.74) is 0. The second-order valence-electron chi connectivity index (χ2n) is 3.39. The molecule has 1 aliphatic rings. The van der Waals surface area contributed by atoms with Gasteiger partial charge in [-0.1, -0.05) is 6.92 Å². The Morgan fingerprint density at radius 1 is 1.75 bits per heavy atom. The number of methoxy groups -OCH3 is 1. The summed E-state index contributed by atoms with van der Waals surface area (Å²) in [5, 5.41) is 2.95. The third-order valence-electron chi connectivity index (χ3n) is 2.70. The molecule has 1 fully saturated rings. The number of carbonyl (C=O) groups is 1. The summed E-state index contributed by atoms with van der Waals surface area (Å²) < 4.78 is 5.22. The van der Waals surface area contributed by atoms with Crippen molar-refractivity contribution in [3.8, 4) is 0 Å². The van der Waals surface area contributed by atoms with Crippen molar-refractivity contribution >= 4 is 5.91 Å². The molecule has 3 unspecified atom stereocenters. The molecule has 12 heavy (non-hydrogen) atoms. The van der Waals surface area contributed by atoms with E-state index in [-0.39, 0.29) is 12.0 Å². The van der Waals surface area contributed by atoms with Crippen molar-refractivity contribution < 1.29 is 9.53 Å². The zero-order valence-corrected chi connectivity index (χ0v) is 7.96. The maximum atomic E-state index is 11.1. The molecule has 1 N–H and O–H groups in total. The van der Waals surface area contributed by atoms with E-state index in [1.54, 1.807) is 7.11 Å². The van der Waals surface area contributed by atoms with E-state index in [0.717, 1.165) is 6.42 Å². The molecule has 0 aromatic carbocycles. The summed E-state index contributed by atoms with van der Waals surface area (Å²) in [5.74, 6) is 0.517. The van der Waals surface area contributed by atoms with Gasteiger partial charge in [-0.05, 0) is 13.3 Å². The van der Waals surface area contributed by atoms with Crippen LogP contribution in [0, 0.1) is 5.92 Å². The largest absolute Gasteiger partial charge is 0.381 e. The van der Waals surface area contributed by atoms with Crippen LogP contribution in [0.5, 0.6) is 0 Å². The van der Waals surface area contributed by atoms with Gasteiger partial charge in [0.1, 0.15) is 0 Å². The topological polar surface area (TPSA) is 38.3 Å². The highest BCUT2D eigenvalue weighted by molar-refractivity contribution is 5.79. The van der Waals surface area contributed by atoms with Gasteiger partial charge in [0.25, 0.3) is 0 Å². The molecule has 3 heteroatoms. The molecule has 1 rings (SSSR count). The van der Waals surface area contributed by atoms with Crippen LogP contribution in [0.1, 0.15) is 26.7 Å². The summed E-state index contributed by atoms with van der Waals surface area (Å²) in [7, 11) is 1.69. The molecule has 3 nitrogen and oxygen atoms in total. The van der Waals surface area contributed by atoms with E-state index < -0.39 is 0 Å². The Hall–Kier alpha value is -0.570. The lowest BCUT2D eigenvalue weighted by Gasteiger charge is -2.22. The summed E-state index contributed by atoms with van der Waals surface area (Å²) in [6, 6.07) is 0.312. The van der Waals surface area contributed by atoms with Crippen LogP contribution in [-0.2, 0) is 9.53 Å². The molecule has 0 spiro atoms.